The summed E-state index contributed by atoms with van der Waals surface area (Å²) >= 11 is 0. The average Bonchev–Trinajstić information content (AvgIpc) is 2.34. The highest BCUT2D eigenvalue weighted by Gasteiger charge is 2.27. The van der Waals surface area contributed by atoms with Crippen LogP contribution in [0.25, 0.3) is 0 Å². The lowest BCUT2D eigenvalue weighted by Crippen LogP contribution is -2.41. The SMILES string of the molecule is C[C@H]1C=C[C@H]([C@H](N)C(=O)O)O1. The first-order valence-corrected chi connectivity index (χ1v) is 3.43. The Morgan fingerprint density at radius 2 is 2.36 bits per heavy atom. The summed E-state index contributed by atoms with van der Waals surface area (Å²) in [5.74, 6) is -1.03. The van der Waals surface area contributed by atoms with Crippen molar-refractivity contribution in [1.29, 1.82) is 0 Å². The number of carbonyl (C=O) groups is 1. The van der Waals surface area contributed by atoms with Gasteiger partial charge in [-0.3, -0.25) is 4.79 Å². The molecule has 62 valence electrons. The summed E-state index contributed by atoms with van der Waals surface area (Å²) in [4.78, 5) is 10.4. The molecule has 0 radical (unpaired) electrons. The molecule has 0 aromatic heterocycles. The largest absolute Gasteiger partial charge is 0.480 e. The third-order valence-corrected chi connectivity index (χ3v) is 1.58. The Morgan fingerprint density at radius 3 is 2.73 bits per heavy atom. The normalized spacial score (nSPS) is 32.2. The number of ether oxygens (including phenoxy) is 1. The van der Waals surface area contributed by atoms with Gasteiger partial charge in [-0.25, -0.2) is 0 Å². The van der Waals surface area contributed by atoms with E-state index in [1.165, 1.54) is 0 Å². The number of nitrogens with two attached hydrogens (primary N) is 1. The van der Waals surface area contributed by atoms with Gasteiger partial charge in [-0.1, -0.05) is 12.2 Å². The summed E-state index contributed by atoms with van der Waals surface area (Å²) < 4.78 is 5.17. The zero-order valence-corrected chi connectivity index (χ0v) is 6.23. The van der Waals surface area contributed by atoms with Crippen LogP contribution in [0, 0.1) is 0 Å². The van der Waals surface area contributed by atoms with Gasteiger partial charge in [-0.2, -0.15) is 0 Å². The van der Waals surface area contributed by atoms with Gasteiger partial charge in [0.1, 0.15) is 12.1 Å². The quantitative estimate of drug-likeness (QED) is 0.542. The molecule has 0 aliphatic carbocycles. The second-order valence-electron chi connectivity index (χ2n) is 2.55. The molecule has 0 fully saturated rings. The second-order valence-corrected chi connectivity index (χ2v) is 2.55. The van der Waals surface area contributed by atoms with E-state index in [9.17, 15) is 4.79 Å². The van der Waals surface area contributed by atoms with E-state index in [4.69, 9.17) is 15.6 Å². The lowest BCUT2D eigenvalue weighted by atomic mass is 10.2. The van der Waals surface area contributed by atoms with Crippen LogP contribution in [0.15, 0.2) is 12.2 Å². The highest BCUT2D eigenvalue weighted by Crippen LogP contribution is 2.12. The fraction of sp³-hybridized carbons (Fsp3) is 0.571. The summed E-state index contributed by atoms with van der Waals surface area (Å²) in [6, 6.07) is -0.948. The van der Waals surface area contributed by atoms with Crippen LogP contribution in [0.1, 0.15) is 6.92 Å². The van der Waals surface area contributed by atoms with Crippen LogP contribution in [0.2, 0.25) is 0 Å². The third kappa shape index (κ3) is 1.78. The Kier molecular flexibility index (Phi) is 2.26. The molecule has 0 saturated heterocycles. The molecule has 1 rings (SSSR count). The smallest absolute Gasteiger partial charge is 0.323 e. The molecule has 1 aliphatic heterocycles. The predicted molar refractivity (Wildman–Crippen MR) is 39.1 cm³/mol. The zero-order chi connectivity index (χ0) is 8.43. The molecule has 0 amide bonds. The Bertz CT molecular complexity index is 190. The second kappa shape index (κ2) is 3.02. The number of aliphatic carboxylic acids is 1. The van der Waals surface area contributed by atoms with E-state index in [-0.39, 0.29) is 6.10 Å². The highest BCUT2D eigenvalue weighted by atomic mass is 16.5. The number of hydrogen-bond donors (Lipinski definition) is 2. The maximum atomic E-state index is 10.4. The van der Waals surface area contributed by atoms with E-state index in [0.717, 1.165) is 0 Å². The zero-order valence-electron chi connectivity index (χ0n) is 6.23. The molecule has 0 unspecified atom stereocenters. The Hall–Kier alpha value is -0.870. The van der Waals surface area contributed by atoms with Crippen molar-refractivity contribution in [3.05, 3.63) is 12.2 Å². The third-order valence-electron chi connectivity index (χ3n) is 1.58. The molecule has 4 nitrogen and oxygen atoms in total. The summed E-state index contributed by atoms with van der Waals surface area (Å²) in [7, 11) is 0. The van der Waals surface area contributed by atoms with Gasteiger partial charge in [0.05, 0.1) is 6.10 Å². The van der Waals surface area contributed by atoms with E-state index in [0.29, 0.717) is 0 Å². The van der Waals surface area contributed by atoms with Crippen molar-refractivity contribution in [1.82, 2.24) is 0 Å². The Balaban J connectivity index is 2.51. The van der Waals surface area contributed by atoms with Crippen molar-refractivity contribution >= 4 is 5.97 Å². The van der Waals surface area contributed by atoms with Gasteiger partial charge in [0.15, 0.2) is 0 Å². The van der Waals surface area contributed by atoms with E-state index in [1.807, 2.05) is 6.92 Å². The molecular formula is C7H11NO3. The number of hydrogen-bond acceptors (Lipinski definition) is 3. The van der Waals surface area contributed by atoms with Crippen LogP contribution in [-0.4, -0.2) is 29.3 Å². The molecule has 0 aromatic carbocycles. The summed E-state index contributed by atoms with van der Waals surface area (Å²) in [6.07, 6.45) is 2.99. The minimum absolute atomic E-state index is 0.0228. The molecule has 0 saturated carbocycles. The first kappa shape index (κ1) is 8.23. The van der Waals surface area contributed by atoms with Crippen LogP contribution in [0.5, 0.6) is 0 Å². The van der Waals surface area contributed by atoms with Gasteiger partial charge in [-0.15, -0.1) is 0 Å². The molecule has 0 aromatic rings. The van der Waals surface area contributed by atoms with Crippen LogP contribution in [0.3, 0.4) is 0 Å². The van der Waals surface area contributed by atoms with Crippen LogP contribution in [0.4, 0.5) is 0 Å². The summed E-state index contributed by atoms with van der Waals surface area (Å²) in [6.45, 7) is 1.84. The van der Waals surface area contributed by atoms with E-state index < -0.39 is 18.1 Å². The first-order valence-electron chi connectivity index (χ1n) is 3.43. The lowest BCUT2D eigenvalue weighted by molar-refractivity contribution is -0.141. The monoisotopic (exact) mass is 157 g/mol. The maximum absolute atomic E-state index is 10.4. The topological polar surface area (TPSA) is 72.6 Å². The van der Waals surface area contributed by atoms with Gasteiger partial charge in [-0.05, 0) is 6.92 Å². The van der Waals surface area contributed by atoms with Gasteiger partial charge in [0.2, 0.25) is 0 Å². The lowest BCUT2D eigenvalue weighted by Gasteiger charge is -2.14. The van der Waals surface area contributed by atoms with Gasteiger partial charge in [0.25, 0.3) is 0 Å². The van der Waals surface area contributed by atoms with Crippen LogP contribution < -0.4 is 5.73 Å². The summed E-state index contributed by atoms with van der Waals surface area (Å²) in [5, 5.41) is 8.49. The van der Waals surface area contributed by atoms with Crippen molar-refractivity contribution < 1.29 is 14.6 Å². The molecular weight excluding hydrogens is 146 g/mol. The van der Waals surface area contributed by atoms with Crippen molar-refractivity contribution in [2.24, 2.45) is 5.73 Å². The standard InChI is InChI=1S/C7H11NO3/c1-4-2-3-5(11-4)6(8)7(9)10/h2-6H,8H2,1H3,(H,9,10)/t4-,5+,6-/m0/s1. The number of carboxylic acid groups (broad SMARTS) is 1. The predicted octanol–water partition coefficient (Wildman–Crippen LogP) is -0.258. The van der Waals surface area contributed by atoms with Crippen molar-refractivity contribution in [3.8, 4) is 0 Å². The molecule has 11 heavy (non-hydrogen) atoms. The fourth-order valence-electron chi connectivity index (χ4n) is 0.949. The molecule has 1 aliphatic rings. The summed E-state index contributed by atoms with van der Waals surface area (Å²) in [5.41, 5.74) is 5.31. The van der Waals surface area contributed by atoms with Gasteiger partial charge >= 0.3 is 5.97 Å². The van der Waals surface area contributed by atoms with E-state index >= 15 is 0 Å². The van der Waals surface area contributed by atoms with Crippen LogP contribution >= 0.6 is 0 Å². The molecule has 1 heterocycles. The molecule has 3 N–H and O–H groups in total. The highest BCUT2D eigenvalue weighted by molar-refractivity contribution is 5.74. The Morgan fingerprint density at radius 1 is 1.73 bits per heavy atom. The van der Waals surface area contributed by atoms with E-state index in [1.54, 1.807) is 12.2 Å². The van der Waals surface area contributed by atoms with Crippen molar-refractivity contribution in [2.45, 2.75) is 25.2 Å². The minimum atomic E-state index is -1.03. The van der Waals surface area contributed by atoms with Crippen LogP contribution in [-0.2, 0) is 9.53 Å². The van der Waals surface area contributed by atoms with Crippen molar-refractivity contribution in [3.63, 3.8) is 0 Å². The van der Waals surface area contributed by atoms with Crippen molar-refractivity contribution in [2.75, 3.05) is 0 Å². The molecule has 0 spiro atoms. The Labute approximate surface area is 64.6 Å². The minimum Gasteiger partial charge on any atom is -0.480 e. The van der Waals surface area contributed by atoms with E-state index in [2.05, 4.69) is 0 Å². The number of rotatable bonds is 2. The van der Waals surface area contributed by atoms with Gasteiger partial charge in [0, 0.05) is 0 Å². The fourth-order valence-corrected chi connectivity index (χ4v) is 0.949. The molecule has 0 bridgehead atoms. The molecule has 3 atom stereocenters. The average molecular weight is 157 g/mol. The molecule has 4 heteroatoms. The first-order chi connectivity index (χ1) is 5.11. The van der Waals surface area contributed by atoms with Gasteiger partial charge < -0.3 is 15.6 Å². The maximum Gasteiger partial charge on any atom is 0.323 e. The number of carboxylic acids is 1.